The second-order valence-corrected chi connectivity index (χ2v) is 17.5. The number of fused-ring (bicyclic) bond motifs is 3. The van der Waals surface area contributed by atoms with Gasteiger partial charge in [0.15, 0.2) is 6.23 Å². The van der Waals surface area contributed by atoms with Crippen LogP contribution in [0.4, 0.5) is 24.8 Å². The van der Waals surface area contributed by atoms with Crippen molar-refractivity contribution in [3.8, 4) is 5.69 Å². The number of carbonyl (C=O) groups excluding carboxylic acids is 1. The molecule has 1 atom stereocenters. The molecule has 1 unspecified atom stereocenters. The molecule has 3 N–H and O–H groups in total. The number of allylic oxidation sites excluding steroid dienone is 1. The van der Waals surface area contributed by atoms with E-state index in [9.17, 15) is 22.8 Å². The molecule has 2 aliphatic heterocycles. The molecule has 0 saturated carbocycles. The number of hydrogen-bond acceptors (Lipinski definition) is 18. The van der Waals surface area contributed by atoms with Crippen LogP contribution in [0, 0.1) is 0 Å². The monoisotopic (exact) mass is 1070 g/mol. The van der Waals surface area contributed by atoms with Crippen LogP contribution in [0.5, 0.6) is 0 Å². The highest BCUT2D eigenvalue weighted by molar-refractivity contribution is 6.13. The van der Waals surface area contributed by atoms with Gasteiger partial charge in [-0.1, -0.05) is 12.1 Å². The van der Waals surface area contributed by atoms with Crippen molar-refractivity contribution < 1.29 is 60.6 Å². The van der Waals surface area contributed by atoms with Crippen molar-refractivity contribution in [2.24, 2.45) is 17.8 Å². The maximum absolute atomic E-state index is 15.0. The van der Waals surface area contributed by atoms with Crippen molar-refractivity contribution in [2.45, 2.75) is 31.8 Å². The highest BCUT2D eigenvalue weighted by Gasteiger charge is 2.37. The molecule has 1 amide bonds. The van der Waals surface area contributed by atoms with Gasteiger partial charge in [0, 0.05) is 102 Å². The number of carbonyl (C=O) groups is 1. The number of halogens is 3. The van der Waals surface area contributed by atoms with Crippen LogP contribution in [-0.2, 0) is 67.2 Å². The van der Waals surface area contributed by atoms with E-state index in [0.717, 1.165) is 17.2 Å². The average molecular weight is 1070 g/mol. The molecule has 5 heterocycles. The van der Waals surface area contributed by atoms with E-state index >= 15 is 0 Å². The maximum Gasteiger partial charge on any atom is 0.418 e. The van der Waals surface area contributed by atoms with Gasteiger partial charge in [0.2, 0.25) is 11.9 Å². The number of aromatic nitrogens is 5. The first-order valence-electron chi connectivity index (χ1n) is 25.4. The number of alkyl halides is 3. The van der Waals surface area contributed by atoms with Crippen molar-refractivity contribution >= 4 is 51.3 Å². The van der Waals surface area contributed by atoms with E-state index in [1.54, 1.807) is 49.9 Å². The number of hydrogen-bond donors (Lipinski definition) is 2. The first-order valence-corrected chi connectivity index (χ1v) is 25.4. The largest absolute Gasteiger partial charge is 0.418 e. The number of nitrogens with two attached hydrogens (primary N) is 1. The molecule has 1 fully saturated rings. The topological polar surface area (TPSA) is 223 Å². The van der Waals surface area contributed by atoms with Crippen LogP contribution in [0.15, 0.2) is 70.9 Å². The Kier molecular flexibility index (Phi) is 22.9. The molecule has 0 aliphatic carbocycles. The van der Waals surface area contributed by atoms with Crippen molar-refractivity contribution in [1.82, 2.24) is 29.4 Å². The van der Waals surface area contributed by atoms with Crippen LogP contribution in [-0.4, -0.2) is 188 Å². The number of nitrogens with zero attached hydrogens (tertiary/aromatic N) is 8. The zero-order valence-electron chi connectivity index (χ0n) is 43.2. The minimum atomic E-state index is -4.72. The summed E-state index contributed by atoms with van der Waals surface area (Å²) in [5.41, 5.74) is 7.97. The van der Waals surface area contributed by atoms with Crippen LogP contribution in [0.1, 0.15) is 29.5 Å². The average Bonchev–Trinajstić information content (AvgIpc) is 3.74. The number of aryl methyl sites for hydroxylation is 1. The number of amides is 1. The quantitative estimate of drug-likeness (QED) is 0.0568. The number of nitrogens with one attached hydrogen (secondary N) is 1. The van der Waals surface area contributed by atoms with Crippen molar-refractivity contribution in [2.75, 3.05) is 155 Å². The van der Waals surface area contributed by atoms with Crippen molar-refractivity contribution in [3.63, 3.8) is 0 Å². The number of methoxy groups -OCH3 is 1. The number of benzene rings is 2. The van der Waals surface area contributed by atoms with Crippen LogP contribution in [0.25, 0.3) is 33.2 Å². The zero-order valence-corrected chi connectivity index (χ0v) is 43.2. The van der Waals surface area contributed by atoms with E-state index < -0.39 is 17.4 Å². The van der Waals surface area contributed by atoms with Gasteiger partial charge >= 0.3 is 11.9 Å². The number of aliphatic imine (C=N–C) groups is 1. The summed E-state index contributed by atoms with van der Waals surface area (Å²) in [6.07, 6.45) is 4.30. The lowest BCUT2D eigenvalue weighted by Crippen LogP contribution is -2.47. The summed E-state index contributed by atoms with van der Waals surface area (Å²) in [7, 11) is 3.17. The van der Waals surface area contributed by atoms with Crippen LogP contribution >= 0.6 is 0 Å². The van der Waals surface area contributed by atoms with Gasteiger partial charge in [-0.05, 0) is 41.5 Å². The van der Waals surface area contributed by atoms with E-state index in [1.165, 1.54) is 15.2 Å². The molecule has 1 saturated heterocycles. The number of ether oxygens (including phenoxy) is 9. The molecule has 0 spiro atoms. The SMILES string of the molecule is COC1CC=C(c2ccc3ncc4c(c3c2)n(-c2ccc(N3CCN(c5ncc(CNC(=O)CCOCCOCCOCCOCCOCCOCCOCCOCCN)cn5)CC3)c(C(F)(F)F)c2)c(=O)n4C)C=N1. The maximum atomic E-state index is 15.0. The minimum Gasteiger partial charge on any atom is -0.379 e. The Morgan fingerprint density at radius 3 is 1.83 bits per heavy atom. The van der Waals surface area contributed by atoms with Gasteiger partial charge in [0.25, 0.3) is 0 Å². The standard InChI is InChI=1S/C52H69F3N10O11/c1-62-46-37-57-44-6-3-39(40-4-8-48(68-2)59-36-40)31-42(44)49(46)65(51(62)67)41-5-7-45(43(32-41)52(53,54)55)63-11-13-64(14-12-63)50-60-34-38(35-61-50)33-58-47(66)9-15-69-17-19-71-21-23-73-25-27-75-29-30-76-28-26-74-24-22-72-20-18-70-16-10-56/h3-7,31-32,34-37,48H,8-30,33,56H2,1-2H3,(H,58,66). The number of pyridine rings is 1. The van der Waals surface area contributed by atoms with Gasteiger partial charge in [-0.25, -0.2) is 14.8 Å². The summed E-state index contributed by atoms with van der Waals surface area (Å²) in [6, 6.07) is 9.66. The summed E-state index contributed by atoms with van der Waals surface area (Å²) in [6.45, 7) is 9.04. The fourth-order valence-electron chi connectivity index (χ4n) is 8.37. The molecule has 7 rings (SSSR count). The third-order valence-electron chi connectivity index (χ3n) is 12.4. The highest BCUT2D eigenvalue weighted by atomic mass is 19.4. The normalized spacial score (nSPS) is 15.1. The number of piperazine rings is 1. The Morgan fingerprint density at radius 1 is 0.724 bits per heavy atom. The molecule has 2 aromatic carbocycles. The van der Waals surface area contributed by atoms with E-state index in [0.29, 0.717) is 159 Å². The fourth-order valence-corrected chi connectivity index (χ4v) is 8.37. The molecule has 24 heteroatoms. The van der Waals surface area contributed by atoms with Crippen molar-refractivity contribution in [1.29, 1.82) is 0 Å². The molecule has 3 aromatic heterocycles. The third-order valence-corrected chi connectivity index (χ3v) is 12.4. The number of imidazole rings is 1. The zero-order chi connectivity index (χ0) is 53.5. The third kappa shape index (κ3) is 16.8. The summed E-state index contributed by atoms with van der Waals surface area (Å²) < 4.78 is 96.5. The summed E-state index contributed by atoms with van der Waals surface area (Å²) in [5.74, 6) is 0.232. The Balaban J connectivity index is 0.770. The molecule has 414 valence electrons. The predicted octanol–water partition coefficient (Wildman–Crippen LogP) is 3.94. The fraction of sp³-hybridized carbons (Fsp3) is 0.538. The molecular formula is C52H69F3N10O11. The Bertz CT molecular complexity index is 2720. The smallest absolute Gasteiger partial charge is 0.379 e. The summed E-state index contributed by atoms with van der Waals surface area (Å²) in [5, 5.41) is 3.45. The Labute approximate surface area is 439 Å². The van der Waals surface area contributed by atoms with Gasteiger partial charge in [-0.2, -0.15) is 13.2 Å². The molecule has 21 nitrogen and oxygen atoms in total. The van der Waals surface area contributed by atoms with Crippen molar-refractivity contribution in [3.05, 3.63) is 88.2 Å². The highest BCUT2D eigenvalue weighted by Crippen LogP contribution is 2.39. The minimum absolute atomic E-state index is 0.0127. The van der Waals surface area contributed by atoms with Crippen LogP contribution in [0.3, 0.4) is 0 Å². The van der Waals surface area contributed by atoms with Crippen LogP contribution in [0.2, 0.25) is 0 Å². The first-order chi connectivity index (χ1) is 37.0. The second-order valence-electron chi connectivity index (χ2n) is 17.5. The Hall–Kier alpha value is -5.93. The first kappa shape index (κ1) is 57.8. The number of dihydropyridines is 1. The molecular weight excluding hydrogens is 998 g/mol. The van der Waals surface area contributed by atoms with Gasteiger partial charge in [0.05, 0.1) is 140 Å². The van der Waals surface area contributed by atoms with E-state index in [1.807, 2.05) is 29.2 Å². The van der Waals surface area contributed by atoms with Gasteiger partial charge < -0.3 is 63.5 Å². The molecule has 76 heavy (non-hydrogen) atoms. The van der Waals surface area contributed by atoms with Gasteiger partial charge in [-0.15, -0.1) is 0 Å². The van der Waals surface area contributed by atoms with Gasteiger partial charge in [-0.3, -0.25) is 23.9 Å². The number of rotatable bonds is 33. The van der Waals surface area contributed by atoms with E-state index in [-0.39, 0.29) is 56.2 Å². The molecule has 0 radical (unpaired) electrons. The van der Waals surface area contributed by atoms with Gasteiger partial charge in [0.1, 0.15) is 0 Å². The van der Waals surface area contributed by atoms with Crippen LogP contribution < -0.4 is 26.5 Å². The lowest BCUT2D eigenvalue weighted by Gasteiger charge is -2.37. The lowest BCUT2D eigenvalue weighted by atomic mass is 10.0. The summed E-state index contributed by atoms with van der Waals surface area (Å²) >= 11 is 0. The van der Waals surface area contributed by atoms with E-state index in [4.69, 9.17) is 48.4 Å². The lowest BCUT2D eigenvalue weighted by molar-refractivity contribution is -0.137. The molecule has 5 aromatic rings. The van der Waals surface area contributed by atoms with E-state index in [2.05, 4.69) is 25.3 Å². The Morgan fingerprint density at radius 2 is 1.29 bits per heavy atom. The molecule has 0 bridgehead atoms. The molecule has 2 aliphatic rings. The second kappa shape index (κ2) is 30.1. The predicted molar refractivity (Wildman–Crippen MR) is 279 cm³/mol. The number of anilines is 2. The summed E-state index contributed by atoms with van der Waals surface area (Å²) in [4.78, 5) is 47.9.